The molecule has 1 saturated carbocycles. The topological polar surface area (TPSA) is 102 Å². The number of fused-ring (bicyclic) bond motifs is 2. The minimum Gasteiger partial charge on any atom is -0.384 e. The van der Waals surface area contributed by atoms with Gasteiger partial charge in [-0.05, 0) is 43.2 Å². The summed E-state index contributed by atoms with van der Waals surface area (Å²) in [5, 5.41) is 6.60. The maximum atomic E-state index is 12.6. The van der Waals surface area contributed by atoms with Crippen molar-refractivity contribution in [2.75, 3.05) is 13.7 Å². The Labute approximate surface area is 168 Å². The Bertz CT molecular complexity index is 973. The van der Waals surface area contributed by atoms with Crippen LogP contribution in [-0.4, -0.2) is 47.2 Å². The van der Waals surface area contributed by atoms with Gasteiger partial charge in [-0.1, -0.05) is 12.1 Å². The number of nitrogens with one attached hydrogen (secondary N) is 2. The molecule has 8 nitrogen and oxygen atoms in total. The predicted molar refractivity (Wildman–Crippen MR) is 107 cm³/mol. The molecule has 4 rings (SSSR count). The van der Waals surface area contributed by atoms with Crippen LogP contribution in [-0.2, 0) is 20.9 Å². The smallest absolute Gasteiger partial charge is 0.261 e. The molecule has 4 atom stereocenters. The molecule has 0 radical (unpaired) electrons. The number of hydrogen-bond acceptors (Lipinski definition) is 5. The van der Waals surface area contributed by atoms with Crippen molar-refractivity contribution >= 4 is 22.7 Å². The highest BCUT2D eigenvalue weighted by Gasteiger charge is 2.40. The summed E-state index contributed by atoms with van der Waals surface area (Å²) in [7, 11) is 1.66. The number of carbonyl (C=O) groups excluding carboxylic acids is 2. The molecule has 29 heavy (non-hydrogen) atoms. The zero-order valence-electron chi connectivity index (χ0n) is 16.5. The summed E-state index contributed by atoms with van der Waals surface area (Å²) < 4.78 is 6.62. The summed E-state index contributed by atoms with van der Waals surface area (Å²) in [6, 6.07) is 7.12. The summed E-state index contributed by atoms with van der Waals surface area (Å²) in [6.07, 6.45) is 4.41. The number of nitrogens with zero attached hydrogens (tertiary/aromatic N) is 2. The molecule has 4 unspecified atom stereocenters. The Morgan fingerprint density at radius 2 is 2.14 bits per heavy atom. The van der Waals surface area contributed by atoms with Crippen LogP contribution in [0.2, 0.25) is 0 Å². The van der Waals surface area contributed by atoms with Gasteiger partial charge >= 0.3 is 0 Å². The van der Waals surface area contributed by atoms with Crippen molar-refractivity contribution in [3.63, 3.8) is 0 Å². The van der Waals surface area contributed by atoms with Crippen LogP contribution in [0.1, 0.15) is 25.7 Å². The quantitative estimate of drug-likeness (QED) is 0.777. The lowest BCUT2D eigenvalue weighted by Crippen LogP contribution is -2.56. The van der Waals surface area contributed by atoms with Crippen LogP contribution in [0.3, 0.4) is 0 Å². The molecular formula is C21H26N4O4. The zero-order chi connectivity index (χ0) is 20.4. The number of hydrogen-bond donors (Lipinski definition) is 2. The number of piperidine rings is 1. The molecule has 1 aliphatic carbocycles. The third-order valence-electron chi connectivity index (χ3n) is 6.09. The number of benzene rings is 1. The van der Waals surface area contributed by atoms with Gasteiger partial charge in [-0.3, -0.25) is 19.0 Å². The van der Waals surface area contributed by atoms with Crippen molar-refractivity contribution in [2.24, 2.45) is 11.8 Å². The average Bonchev–Trinajstić information content (AvgIpc) is 2.70. The minimum absolute atomic E-state index is 0.0190. The van der Waals surface area contributed by atoms with E-state index in [1.807, 2.05) is 6.07 Å². The normalized spacial score (nSPS) is 26.6. The lowest BCUT2D eigenvalue weighted by atomic mass is 9.71. The molecule has 1 aromatic heterocycles. The fraction of sp³-hybridized carbons (Fsp3) is 0.524. The van der Waals surface area contributed by atoms with Crippen LogP contribution in [0.4, 0.5) is 0 Å². The number of carbonyl (C=O) groups is 2. The maximum absolute atomic E-state index is 12.6. The van der Waals surface area contributed by atoms with Crippen molar-refractivity contribution < 1.29 is 14.3 Å². The highest BCUT2D eigenvalue weighted by atomic mass is 16.5. The fourth-order valence-corrected chi connectivity index (χ4v) is 4.75. The molecule has 0 spiro atoms. The molecule has 2 aliphatic rings. The van der Waals surface area contributed by atoms with Gasteiger partial charge < -0.3 is 15.4 Å². The second kappa shape index (κ2) is 8.32. The number of rotatable bonds is 5. The van der Waals surface area contributed by atoms with Gasteiger partial charge in [0.2, 0.25) is 11.8 Å². The zero-order valence-corrected chi connectivity index (χ0v) is 16.5. The molecule has 2 aromatic rings. The van der Waals surface area contributed by atoms with Crippen LogP contribution in [0.5, 0.6) is 0 Å². The van der Waals surface area contributed by atoms with Crippen molar-refractivity contribution in [1.29, 1.82) is 0 Å². The van der Waals surface area contributed by atoms with E-state index in [9.17, 15) is 14.4 Å². The van der Waals surface area contributed by atoms with E-state index in [0.717, 1.165) is 12.8 Å². The van der Waals surface area contributed by atoms with Crippen LogP contribution in [0.25, 0.3) is 10.9 Å². The van der Waals surface area contributed by atoms with Gasteiger partial charge in [0.25, 0.3) is 5.56 Å². The molecule has 2 heterocycles. The summed E-state index contributed by atoms with van der Waals surface area (Å²) in [6.45, 7) is 0.517. The molecule has 0 bridgehead atoms. The third-order valence-corrected chi connectivity index (χ3v) is 6.09. The Kier molecular flexibility index (Phi) is 5.62. The first kappa shape index (κ1) is 19.6. The van der Waals surface area contributed by atoms with Crippen LogP contribution < -0.4 is 16.2 Å². The van der Waals surface area contributed by atoms with Crippen LogP contribution in [0.15, 0.2) is 35.4 Å². The second-order valence-corrected chi connectivity index (χ2v) is 8.03. The van der Waals surface area contributed by atoms with E-state index in [-0.39, 0.29) is 41.9 Å². The van der Waals surface area contributed by atoms with Gasteiger partial charge in [-0.25, -0.2) is 4.98 Å². The first-order valence-electron chi connectivity index (χ1n) is 10.1. The number of amides is 2. The number of methoxy groups -OCH3 is 1. The van der Waals surface area contributed by atoms with E-state index in [4.69, 9.17) is 4.74 Å². The highest BCUT2D eigenvalue weighted by molar-refractivity contribution is 5.79. The van der Waals surface area contributed by atoms with E-state index in [1.54, 1.807) is 25.3 Å². The van der Waals surface area contributed by atoms with Crippen molar-refractivity contribution in [1.82, 2.24) is 20.2 Å². The van der Waals surface area contributed by atoms with E-state index < -0.39 is 0 Å². The number of ether oxygens (including phenoxy) is 1. The summed E-state index contributed by atoms with van der Waals surface area (Å²) in [5.74, 6) is 0.447. The molecular weight excluding hydrogens is 372 g/mol. The average molecular weight is 398 g/mol. The van der Waals surface area contributed by atoms with E-state index in [2.05, 4.69) is 15.6 Å². The first-order valence-corrected chi connectivity index (χ1v) is 10.1. The SMILES string of the molecule is COCC1CC(=O)NC2CC(NC(=O)Cn3cnc4ccccc4c3=O)CCC12. The third kappa shape index (κ3) is 4.17. The van der Waals surface area contributed by atoms with Crippen molar-refractivity contribution in [3.05, 3.63) is 40.9 Å². The summed E-state index contributed by atoms with van der Waals surface area (Å²) in [4.78, 5) is 41.4. The van der Waals surface area contributed by atoms with Crippen LogP contribution in [0, 0.1) is 11.8 Å². The Balaban J connectivity index is 1.39. The Hall–Kier alpha value is -2.74. The minimum atomic E-state index is -0.226. The number of aromatic nitrogens is 2. The van der Waals surface area contributed by atoms with Gasteiger partial charge in [-0.15, -0.1) is 0 Å². The second-order valence-electron chi connectivity index (χ2n) is 8.03. The maximum Gasteiger partial charge on any atom is 0.261 e. The Morgan fingerprint density at radius 1 is 1.31 bits per heavy atom. The van der Waals surface area contributed by atoms with Gasteiger partial charge in [0, 0.05) is 32.2 Å². The monoisotopic (exact) mass is 398 g/mol. The largest absolute Gasteiger partial charge is 0.384 e. The van der Waals surface area contributed by atoms with Crippen molar-refractivity contribution in [3.8, 4) is 0 Å². The van der Waals surface area contributed by atoms with Gasteiger partial charge in [-0.2, -0.15) is 0 Å². The molecule has 1 aliphatic heterocycles. The molecule has 154 valence electrons. The Morgan fingerprint density at radius 3 is 2.97 bits per heavy atom. The molecule has 8 heteroatoms. The lowest BCUT2D eigenvalue weighted by Gasteiger charge is -2.43. The van der Waals surface area contributed by atoms with Crippen LogP contribution >= 0.6 is 0 Å². The fourth-order valence-electron chi connectivity index (χ4n) is 4.75. The molecule has 1 aromatic carbocycles. The lowest BCUT2D eigenvalue weighted by molar-refractivity contribution is -0.128. The number of para-hydroxylation sites is 1. The molecule has 2 fully saturated rings. The predicted octanol–water partition coefficient (Wildman–Crippen LogP) is 0.833. The van der Waals surface area contributed by atoms with E-state index in [1.165, 1.54) is 10.9 Å². The standard InChI is InChI=1S/C21H26N4O4/c1-29-11-13-8-19(26)24-18-9-14(6-7-15(13)18)23-20(27)10-25-12-22-17-5-3-2-4-16(17)21(25)28/h2-5,12-15,18H,6-11H2,1H3,(H,23,27)(H,24,26). The highest BCUT2D eigenvalue weighted by Crippen LogP contribution is 2.35. The summed E-state index contributed by atoms with van der Waals surface area (Å²) in [5.41, 5.74) is 0.391. The first-order chi connectivity index (χ1) is 14.0. The molecule has 2 amide bonds. The van der Waals surface area contributed by atoms with E-state index >= 15 is 0 Å². The van der Waals surface area contributed by atoms with Gasteiger partial charge in [0.05, 0.1) is 17.2 Å². The summed E-state index contributed by atoms with van der Waals surface area (Å²) >= 11 is 0. The van der Waals surface area contributed by atoms with Crippen molar-refractivity contribution in [2.45, 2.75) is 44.3 Å². The molecule has 1 saturated heterocycles. The van der Waals surface area contributed by atoms with Gasteiger partial charge in [0.1, 0.15) is 6.54 Å². The molecule has 2 N–H and O–H groups in total. The van der Waals surface area contributed by atoms with E-state index in [0.29, 0.717) is 36.3 Å². The van der Waals surface area contributed by atoms with Gasteiger partial charge in [0.15, 0.2) is 0 Å².